The summed E-state index contributed by atoms with van der Waals surface area (Å²) in [6.07, 6.45) is -0.599. The Morgan fingerprint density at radius 2 is 1.69 bits per heavy atom. The lowest BCUT2D eigenvalue weighted by Crippen LogP contribution is -2.27. The highest BCUT2D eigenvalue weighted by Crippen LogP contribution is 2.38. The van der Waals surface area contributed by atoms with E-state index >= 15 is 0 Å². The largest absolute Gasteiger partial charge is 0.493 e. The molecule has 1 aromatic rings. The van der Waals surface area contributed by atoms with E-state index in [1.807, 2.05) is 0 Å². The summed E-state index contributed by atoms with van der Waals surface area (Å²) in [6.45, 7) is 0. The average Bonchev–Trinajstić information content (AvgIpc) is 2.59. The third kappa shape index (κ3) is 6.07. The van der Waals surface area contributed by atoms with Gasteiger partial charge in [0.2, 0.25) is 5.75 Å². The number of carbonyl (C=O) groups is 3. The molecule has 1 rings (SSSR count). The maximum absolute atomic E-state index is 11.6. The van der Waals surface area contributed by atoms with Gasteiger partial charge >= 0.3 is 17.9 Å². The Bertz CT molecular complexity index is 669. The van der Waals surface area contributed by atoms with Crippen molar-refractivity contribution in [1.82, 2.24) is 0 Å². The molecule has 0 aliphatic rings. The van der Waals surface area contributed by atoms with Crippen LogP contribution in [0, 0.1) is 0 Å². The predicted molar refractivity (Wildman–Crippen MR) is 85.6 cm³/mol. The number of hydrogen-bond donors (Lipinski definition) is 2. The summed E-state index contributed by atoms with van der Waals surface area (Å²) in [5.41, 5.74) is 0.442. The van der Waals surface area contributed by atoms with Crippen LogP contribution in [-0.4, -0.2) is 55.6 Å². The van der Waals surface area contributed by atoms with Crippen LogP contribution in [0.3, 0.4) is 0 Å². The molecule has 10 heteroatoms. The summed E-state index contributed by atoms with van der Waals surface area (Å²) in [6, 6.07) is 3.00. The van der Waals surface area contributed by atoms with E-state index < -0.39 is 30.4 Å². The van der Waals surface area contributed by atoms with Crippen molar-refractivity contribution in [3.05, 3.63) is 23.8 Å². The van der Waals surface area contributed by atoms with E-state index in [2.05, 4.69) is 9.62 Å². The molecule has 0 amide bonds. The summed E-state index contributed by atoms with van der Waals surface area (Å²) in [4.78, 5) is 42.9. The lowest BCUT2D eigenvalue weighted by atomic mass is 10.1. The number of benzene rings is 1. The Labute approximate surface area is 148 Å². The molecule has 1 aromatic carbocycles. The minimum atomic E-state index is -1.93. The lowest BCUT2D eigenvalue weighted by Gasteiger charge is -2.12. The zero-order valence-corrected chi connectivity index (χ0v) is 14.3. The second-order valence-electron chi connectivity index (χ2n) is 4.69. The zero-order chi connectivity index (χ0) is 19.7. The van der Waals surface area contributed by atoms with Crippen molar-refractivity contribution in [2.75, 3.05) is 21.3 Å². The van der Waals surface area contributed by atoms with Gasteiger partial charge in [0.15, 0.2) is 17.6 Å². The summed E-state index contributed by atoms with van der Waals surface area (Å²) < 4.78 is 14.6. The first-order valence-corrected chi connectivity index (χ1v) is 7.12. The molecule has 0 heterocycles. The van der Waals surface area contributed by atoms with Crippen LogP contribution in [0.5, 0.6) is 17.2 Å². The molecular formula is C16H18O10. The van der Waals surface area contributed by atoms with Crippen molar-refractivity contribution in [3.63, 3.8) is 0 Å². The normalized spacial score (nSPS) is 11.7. The van der Waals surface area contributed by atoms with E-state index in [-0.39, 0.29) is 17.2 Å². The molecule has 0 aliphatic carbocycles. The van der Waals surface area contributed by atoms with Gasteiger partial charge in [-0.15, -0.1) is 0 Å². The standard InChI is InChI=1S/C16H18O10/c1-22-11-6-9(7-12(23-2)15(11)26-24-3)4-5-14(20)25-16(21)10(17)8-13(18)19/h4-7,10,17H,8H2,1-3H3,(H,18,19). The number of carbonyl (C=O) groups excluding carboxylic acids is 2. The van der Waals surface area contributed by atoms with Crippen molar-refractivity contribution in [1.29, 1.82) is 0 Å². The Hall–Kier alpha value is -3.11. The zero-order valence-electron chi connectivity index (χ0n) is 14.3. The van der Waals surface area contributed by atoms with Gasteiger partial charge < -0.3 is 29.3 Å². The molecule has 0 saturated heterocycles. The number of rotatable bonds is 9. The maximum atomic E-state index is 11.6. The van der Waals surface area contributed by atoms with Crippen LogP contribution in [0.25, 0.3) is 6.08 Å². The van der Waals surface area contributed by atoms with Crippen molar-refractivity contribution in [2.24, 2.45) is 0 Å². The van der Waals surface area contributed by atoms with E-state index in [0.717, 1.165) is 6.08 Å². The highest BCUT2D eigenvalue weighted by molar-refractivity contribution is 5.96. The Kier molecular flexibility index (Phi) is 8.06. The molecule has 26 heavy (non-hydrogen) atoms. The molecule has 10 nitrogen and oxygen atoms in total. The number of hydrogen-bond acceptors (Lipinski definition) is 9. The van der Waals surface area contributed by atoms with Crippen LogP contribution in [-0.2, 0) is 24.0 Å². The van der Waals surface area contributed by atoms with E-state index in [1.54, 1.807) is 0 Å². The molecule has 0 aromatic heterocycles. The fourth-order valence-corrected chi connectivity index (χ4v) is 1.78. The molecule has 1 atom stereocenters. The summed E-state index contributed by atoms with van der Waals surface area (Å²) in [5, 5.41) is 17.7. The number of aliphatic hydroxyl groups is 1. The Morgan fingerprint density at radius 1 is 1.12 bits per heavy atom. The third-order valence-electron chi connectivity index (χ3n) is 2.90. The quantitative estimate of drug-likeness (QED) is 0.208. The number of aliphatic hydroxyl groups excluding tert-OH is 1. The number of carboxylic acids is 1. The molecule has 0 bridgehead atoms. The Morgan fingerprint density at radius 3 is 2.15 bits per heavy atom. The number of carboxylic acid groups (broad SMARTS) is 1. The van der Waals surface area contributed by atoms with Crippen LogP contribution >= 0.6 is 0 Å². The molecule has 142 valence electrons. The maximum Gasteiger partial charge on any atom is 0.343 e. The molecule has 0 saturated carbocycles. The van der Waals surface area contributed by atoms with Crippen LogP contribution < -0.4 is 14.4 Å². The van der Waals surface area contributed by atoms with E-state index in [9.17, 15) is 19.5 Å². The fraction of sp³-hybridized carbons (Fsp3) is 0.312. The molecule has 1 unspecified atom stereocenters. The minimum absolute atomic E-state index is 0.184. The van der Waals surface area contributed by atoms with Gasteiger partial charge in [-0.05, 0) is 23.8 Å². The van der Waals surface area contributed by atoms with Crippen LogP contribution in [0.1, 0.15) is 12.0 Å². The third-order valence-corrected chi connectivity index (χ3v) is 2.90. The van der Waals surface area contributed by atoms with Crippen LogP contribution in [0.15, 0.2) is 18.2 Å². The van der Waals surface area contributed by atoms with Crippen molar-refractivity contribution in [3.8, 4) is 17.2 Å². The monoisotopic (exact) mass is 370 g/mol. The number of esters is 2. The topological polar surface area (TPSA) is 138 Å². The van der Waals surface area contributed by atoms with E-state index in [0.29, 0.717) is 5.56 Å². The molecule has 0 fully saturated rings. The van der Waals surface area contributed by atoms with Gasteiger partial charge in [-0.3, -0.25) is 4.79 Å². The van der Waals surface area contributed by atoms with Gasteiger partial charge in [0.1, 0.15) is 0 Å². The van der Waals surface area contributed by atoms with Crippen molar-refractivity contribution >= 4 is 24.0 Å². The molecule has 2 N–H and O–H groups in total. The summed E-state index contributed by atoms with van der Waals surface area (Å²) in [7, 11) is 4.08. The highest BCUT2D eigenvalue weighted by Gasteiger charge is 2.22. The first kappa shape index (κ1) is 20.9. The Balaban J connectivity index is 2.88. The van der Waals surface area contributed by atoms with Gasteiger partial charge in [0.25, 0.3) is 0 Å². The predicted octanol–water partition coefficient (Wildman–Crippen LogP) is 0.563. The van der Waals surface area contributed by atoms with Crippen molar-refractivity contribution < 1.29 is 48.6 Å². The van der Waals surface area contributed by atoms with Crippen molar-refractivity contribution in [2.45, 2.75) is 12.5 Å². The van der Waals surface area contributed by atoms with E-state index in [1.165, 1.54) is 39.5 Å². The smallest absolute Gasteiger partial charge is 0.343 e. The SMILES string of the molecule is COOc1c(OC)cc(C=CC(=O)OC(=O)C(O)CC(=O)O)cc1OC. The lowest BCUT2D eigenvalue weighted by molar-refractivity contribution is -0.180. The van der Waals surface area contributed by atoms with Crippen LogP contribution in [0.2, 0.25) is 0 Å². The molecule has 0 spiro atoms. The summed E-state index contributed by atoms with van der Waals surface area (Å²) >= 11 is 0. The van der Waals surface area contributed by atoms with Gasteiger partial charge in [-0.25, -0.2) is 9.59 Å². The second kappa shape index (κ2) is 10.0. The van der Waals surface area contributed by atoms with Gasteiger partial charge in [0.05, 0.1) is 27.8 Å². The number of aliphatic carboxylic acids is 1. The molecular weight excluding hydrogens is 352 g/mol. The first-order valence-electron chi connectivity index (χ1n) is 7.12. The fourth-order valence-electron chi connectivity index (χ4n) is 1.78. The summed E-state index contributed by atoms with van der Waals surface area (Å²) in [5.74, 6) is -3.16. The highest BCUT2D eigenvalue weighted by atomic mass is 17.2. The first-order chi connectivity index (χ1) is 12.3. The molecule has 0 radical (unpaired) electrons. The van der Waals surface area contributed by atoms with E-state index in [4.69, 9.17) is 19.5 Å². The van der Waals surface area contributed by atoms with Crippen LogP contribution in [0.4, 0.5) is 0 Å². The van der Waals surface area contributed by atoms with Gasteiger partial charge in [0, 0.05) is 6.08 Å². The molecule has 0 aliphatic heterocycles. The minimum Gasteiger partial charge on any atom is -0.493 e. The number of methoxy groups -OCH3 is 2. The van der Waals surface area contributed by atoms with Gasteiger partial charge in [-0.1, -0.05) is 0 Å². The average molecular weight is 370 g/mol. The number of ether oxygens (including phenoxy) is 3. The second-order valence-corrected chi connectivity index (χ2v) is 4.69. The van der Waals surface area contributed by atoms with Gasteiger partial charge in [-0.2, -0.15) is 4.89 Å².